The van der Waals surface area contributed by atoms with Gasteiger partial charge in [0.1, 0.15) is 97.7 Å². The molecule has 0 amide bonds. The van der Waals surface area contributed by atoms with Crippen LogP contribution in [0.1, 0.15) is 48.6 Å². The maximum Gasteiger partial charge on any atom is 0.397 e. The number of fused-ring (bicyclic) bond motifs is 3. The Labute approximate surface area is 796 Å². The fourth-order valence-corrected chi connectivity index (χ4v) is 23.3. The molecular formula is C87H104O43S5Si. The third-order valence-corrected chi connectivity index (χ3v) is 30.3. The highest BCUT2D eigenvalue weighted by atomic mass is 32.3. The van der Waals surface area contributed by atoms with E-state index in [2.05, 4.69) is 21.7 Å². The molecule has 7 aliphatic heterocycles. The zero-order valence-electron chi connectivity index (χ0n) is 73.5. The molecule has 7 aliphatic rings. The van der Waals surface area contributed by atoms with Gasteiger partial charge >= 0.3 is 32.7 Å². The molecule has 49 heteroatoms. The van der Waals surface area contributed by atoms with Crippen molar-refractivity contribution < 1.29 is 200 Å². The second kappa shape index (κ2) is 50.1. The minimum Gasteiger partial charge on any atom is -0.479 e. The molecule has 0 aliphatic carbocycles. The van der Waals surface area contributed by atoms with Crippen LogP contribution in [0.25, 0.3) is 0 Å². The number of rotatable bonds is 52. The van der Waals surface area contributed by atoms with Crippen molar-refractivity contribution in [3.8, 4) is 0 Å². The Hall–Kier alpha value is -7.01. The molecule has 0 radical (unpaired) electrons. The van der Waals surface area contributed by atoms with Crippen molar-refractivity contribution in [1.29, 1.82) is 0 Å². The van der Waals surface area contributed by atoms with Gasteiger partial charge < -0.3 is 99.9 Å². The summed E-state index contributed by atoms with van der Waals surface area (Å²) in [5.74, 6) is -3.76. The summed E-state index contributed by atoms with van der Waals surface area (Å²) >= 11 is -0.256. The zero-order valence-corrected chi connectivity index (χ0v) is 78.6. The van der Waals surface area contributed by atoms with Crippen LogP contribution >= 0.6 is 37.0 Å². The lowest BCUT2D eigenvalue weighted by atomic mass is 9.83. The highest BCUT2D eigenvalue weighted by Gasteiger charge is 2.70. The maximum absolute atomic E-state index is 14.9. The van der Waals surface area contributed by atoms with Crippen LogP contribution in [-0.2, 0) is 202 Å². The van der Waals surface area contributed by atoms with Gasteiger partial charge in [0, 0.05) is 21.3 Å². The van der Waals surface area contributed by atoms with Crippen LogP contribution in [0, 0.1) is 0 Å². The molecule has 0 aromatic heterocycles. The van der Waals surface area contributed by atoms with Crippen molar-refractivity contribution in [1.82, 2.24) is 0 Å². The highest BCUT2D eigenvalue weighted by Crippen LogP contribution is 2.49. The molecule has 0 spiro atoms. The van der Waals surface area contributed by atoms with E-state index < -0.39 is 225 Å². The molecular weight excluding hydrogens is 1920 g/mol. The monoisotopic (exact) mass is 2020 g/mol. The molecule has 43 nitrogen and oxygen atoms in total. The normalized spacial score (nSPS) is 30.5. The molecule has 7 fully saturated rings. The fraction of sp³-hybridized carbons (Fsp3) is 0.471. The standard InChI is InChI=1S/C87H104O43S5Si/c1-8-86(83(88)89)76(118-79-71(107-47-56-36-22-12-23-37-56)66(105-45-54-32-18-10-19-33-54)63(60(114-79)49-110-134(95,96)97)104-44-53-30-16-9-17-31-53)69(101-5)72(108-48-57-38-24-13-25-39-57)81(120-86)117-65-61(50-111-135(98,99)100)115-80(75(124-133-130-127-94)68(65)122-131-128-125-92)119-77-70(102-6)73-82(121-87(77,52-109-73)84(90)91)116-64-62(51-112-136(85(2,3)4,58-40-26-14-27-41-58)59-42-28-15-29-43-59)113-78(103-7)74(123-132-129-126-93)67(64)106-46-55-34-20-11-21-35-55/h8-43,60-82,92-94H,1,44-52H2,2-7H3,(H,88,89)(H,90,91)(H,95,96,97)(H,98,99,100)/t60?,61?,62?,63-,64-,65-,66-,67-,68+,69-,70-,71?,72?,73?,74?,75?,76+,77+,78+,79+,80+,81-,82-,86?,87?/m1/s1. The highest BCUT2D eigenvalue weighted by molar-refractivity contribution is 7.90. The summed E-state index contributed by atoms with van der Waals surface area (Å²) in [5.41, 5.74) is -3.06. The van der Waals surface area contributed by atoms with E-state index in [9.17, 15) is 61.5 Å². The van der Waals surface area contributed by atoms with Crippen LogP contribution in [-0.4, -0.2) is 272 Å². The maximum atomic E-state index is 14.9. The first-order valence-electron chi connectivity index (χ1n) is 42.0. The Morgan fingerprint density at radius 3 is 1.18 bits per heavy atom. The molecule has 10 unspecified atom stereocenters. The lowest BCUT2D eigenvalue weighted by Crippen LogP contribution is -2.77. The number of hydrogen-bond acceptors (Lipinski definition) is 42. The number of carboxylic acids is 2. The molecule has 744 valence electrons. The van der Waals surface area contributed by atoms with Crippen LogP contribution in [0.5, 0.6) is 0 Å². The van der Waals surface area contributed by atoms with Gasteiger partial charge in [0.2, 0.25) is 11.2 Å². The largest absolute Gasteiger partial charge is 0.479 e. The summed E-state index contributed by atoms with van der Waals surface area (Å²) in [6.45, 7) is 5.18. The predicted molar refractivity (Wildman–Crippen MR) is 470 cm³/mol. The lowest BCUT2D eigenvalue weighted by molar-refractivity contribution is -0.439. The third-order valence-electron chi connectivity index (χ3n) is 23.2. The molecule has 7 N–H and O–H groups in total. The topological polar surface area (TPSA) is 521 Å². The van der Waals surface area contributed by atoms with E-state index in [-0.39, 0.29) is 70.0 Å². The quantitative estimate of drug-likeness (QED) is 0.00357. The van der Waals surface area contributed by atoms with Crippen LogP contribution in [0.3, 0.4) is 0 Å². The van der Waals surface area contributed by atoms with E-state index in [0.29, 0.717) is 27.8 Å². The smallest absolute Gasteiger partial charge is 0.397 e. The van der Waals surface area contributed by atoms with E-state index in [1.165, 1.54) is 7.11 Å². The summed E-state index contributed by atoms with van der Waals surface area (Å²) in [4.78, 5) is 29.7. The molecule has 0 saturated carbocycles. The van der Waals surface area contributed by atoms with Crippen LogP contribution in [0.2, 0.25) is 5.04 Å². The van der Waals surface area contributed by atoms with Gasteiger partial charge in [-0.1, -0.05) is 255 Å². The number of aliphatic carboxylic acids is 2. The van der Waals surface area contributed by atoms with Crippen LogP contribution in [0.4, 0.5) is 0 Å². The molecule has 2 bridgehead atoms. The number of carboxylic acid groups (broad SMARTS) is 2. The zero-order chi connectivity index (χ0) is 96.6. The fourth-order valence-electron chi connectivity index (χ4n) is 17.0. The Balaban J connectivity index is 0.882. The van der Waals surface area contributed by atoms with Crippen LogP contribution in [0.15, 0.2) is 225 Å². The van der Waals surface area contributed by atoms with Gasteiger partial charge in [-0.25, -0.2) is 33.7 Å². The molecule has 136 heavy (non-hydrogen) atoms. The second-order valence-corrected chi connectivity index (χ2v) is 40.2. The third kappa shape index (κ3) is 26.3. The van der Waals surface area contributed by atoms with Gasteiger partial charge in [0.25, 0.3) is 8.32 Å². The van der Waals surface area contributed by atoms with E-state index in [0.717, 1.165) is 30.7 Å². The first-order valence-corrected chi connectivity index (χ1v) is 48.7. The number of carbonyl (C=O) groups is 2. The lowest BCUT2D eigenvalue weighted by Gasteiger charge is -2.57. The van der Waals surface area contributed by atoms with Gasteiger partial charge in [-0.2, -0.15) is 16.8 Å². The molecule has 7 heterocycles. The average molecular weight is 2030 g/mol. The SMILES string of the molecule is C=CC1(C(=O)O)O[C@@H](O[C@@H]2C(COS(=O)(=O)O)O[C@@H](O[C@H]3[C@H](OC)C4OCC3(C(=O)O)O[C@H]4O[C@@H]3C(CO[Si](c4ccccc4)(c4ccccc4)C(C)(C)C)O[C@H](OC)C(OSOOO)[C@@H]3OCc3ccccc3)C(OSOOO)[C@H]2OSOOO)C(OCc2ccccc2)[C@@H](OC)[C@@H]1O[C@@H]1OC(COS(=O)(=O)O)[C@@H](OCc2ccccc2)[C@@H](OCc2ccccc2)C1OCc1ccccc1. The second-order valence-electron chi connectivity index (χ2n) is 32.3. The van der Waals surface area contributed by atoms with Gasteiger partial charge in [-0.05, 0) is 49.3 Å². The summed E-state index contributed by atoms with van der Waals surface area (Å²) in [6, 6.07) is 62.6. The first kappa shape index (κ1) is 106. The van der Waals surface area contributed by atoms with Gasteiger partial charge in [0.15, 0.2) is 80.6 Å². The van der Waals surface area contributed by atoms with Gasteiger partial charge in [-0.3, -0.25) is 21.7 Å². The van der Waals surface area contributed by atoms with E-state index in [4.69, 9.17) is 124 Å². The predicted octanol–water partition coefficient (Wildman–Crippen LogP) is 8.57. The average Bonchev–Trinajstić information content (AvgIpc) is 0.715. The van der Waals surface area contributed by atoms with Crippen molar-refractivity contribution in [3.63, 3.8) is 0 Å². The Bertz CT molecular complexity index is 5000. The van der Waals surface area contributed by atoms with E-state index in [1.54, 1.807) is 152 Å². The Morgan fingerprint density at radius 2 is 0.779 bits per heavy atom. The van der Waals surface area contributed by atoms with Crippen molar-refractivity contribution in [2.75, 3.05) is 47.8 Å². The van der Waals surface area contributed by atoms with Crippen molar-refractivity contribution >= 4 is 88.4 Å². The van der Waals surface area contributed by atoms with Gasteiger partial charge in [-0.15, -0.1) is 13.0 Å². The van der Waals surface area contributed by atoms with Gasteiger partial charge in [0.05, 0.1) is 59.5 Å². The van der Waals surface area contributed by atoms with Crippen molar-refractivity contribution in [2.45, 2.75) is 211 Å². The molecule has 25 atom stereocenters. The van der Waals surface area contributed by atoms with Crippen LogP contribution < -0.4 is 10.4 Å². The van der Waals surface area contributed by atoms with E-state index >= 15 is 0 Å². The molecule has 7 aromatic carbocycles. The molecule has 7 saturated heterocycles. The minimum absolute atomic E-state index is 0.156. The minimum atomic E-state index is -5.62. The summed E-state index contributed by atoms with van der Waals surface area (Å²) in [6.07, 6.45) is -41.3. The number of benzene rings is 7. The van der Waals surface area contributed by atoms with E-state index in [1.807, 2.05) is 81.4 Å². The summed E-state index contributed by atoms with van der Waals surface area (Å²) in [5, 5.41) is 65.7. The Kier molecular flexibility index (Phi) is 39.1. The molecule has 7 aromatic rings. The first-order chi connectivity index (χ1) is 65.6. The van der Waals surface area contributed by atoms with Crippen molar-refractivity contribution in [2.24, 2.45) is 0 Å². The molecule has 14 rings (SSSR count). The van der Waals surface area contributed by atoms with Crippen molar-refractivity contribution in [3.05, 3.63) is 253 Å². The Morgan fingerprint density at radius 1 is 0.419 bits per heavy atom. The summed E-state index contributed by atoms with van der Waals surface area (Å²) in [7, 11) is -10.9. The number of ether oxygens (including phenoxy) is 18. The number of hydrogen-bond donors (Lipinski definition) is 7. The summed E-state index contributed by atoms with van der Waals surface area (Å²) < 4.78 is 243. The number of methoxy groups -OCH3 is 3.